The van der Waals surface area contributed by atoms with Crippen LogP contribution >= 0.6 is 0 Å². The molecule has 0 heterocycles. The molecular formula is C14H30OSi. The molecule has 16 heavy (non-hydrogen) atoms. The molecule has 0 saturated heterocycles. The van der Waals surface area contributed by atoms with Crippen LogP contribution in [0, 0.1) is 5.92 Å². The first-order chi connectivity index (χ1) is 7.08. The molecular weight excluding hydrogens is 212 g/mol. The fourth-order valence-electron chi connectivity index (χ4n) is 1.23. The summed E-state index contributed by atoms with van der Waals surface area (Å²) >= 11 is 0. The van der Waals surface area contributed by atoms with Crippen LogP contribution in [0.25, 0.3) is 0 Å². The summed E-state index contributed by atoms with van der Waals surface area (Å²) in [6.45, 7) is 15.9. The van der Waals surface area contributed by atoms with E-state index in [0.717, 1.165) is 12.8 Å². The Bertz CT molecular complexity index is 223. The number of hydrogen-bond acceptors (Lipinski definition) is 1. The molecule has 0 fully saturated rings. The van der Waals surface area contributed by atoms with Crippen LogP contribution in [0.1, 0.15) is 47.5 Å². The molecule has 0 aliphatic rings. The second-order valence-corrected chi connectivity index (χ2v) is 12.0. The molecule has 1 atom stereocenters. The number of aliphatic hydroxyl groups excluding tert-OH is 1. The Labute approximate surface area is 103 Å². The van der Waals surface area contributed by atoms with Gasteiger partial charge in [0.25, 0.3) is 0 Å². The minimum Gasteiger partial charge on any atom is -0.393 e. The van der Waals surface area contributed by atoms with Gasteiger partial charge in [0, 0.05) is 0 Å². The molecule has 1 N–H and O–H groups in total. The maximum Gasteiger partial charge on any atom is 0.0766 e. The summed E-state index contributed by atoms with van der Waals surface area (Å²) in [7, 11) is -1.27. The van der Waals surface area contributed by atoms with Gasteiger partial charge in [0.1, 0.15) is 0 Å². The van der Waals surface area contributed by atoms with Crippen molar-refractivity contribution >= 4 is 8.07 Å². The van der Waals surface area contributed by atoms with Gasteiger partial charge in [-0.15, -0.1) is 0 Å². The van der Waals surface area contributed by atoms with E-state index in [1.54, 1.807) is 0 Å². The molecule has 0 aromatic rings. The molecule has 0 aliphatic carbocycles. The van der Waals surface area contributed by atoms with Crippen molar-refractivity contribution < 1.29 is 5.11 Å². The zero-order chi connectivity index (χ0) is 13.0. The SMILES string of the molecule is CC(C)C(O)CC/C=C\[Si](C)(C)C(C)(C)C. The summed E-state index contributed by atoms with van der Waals surface area (Å²) in [5.41, 5.74) is 2.43. The van der Waals surface area contributed by atoms with Crippen LogP contribution in [0.5, 0.6) is 0 Å². The van der Waals surface area contributed by atoms with Crippen LogP contribution < -0.4 is 0 Å². The Morgan fingerprint density at radius 1 is 1.19 bits per heavy atom. The molecule has 2 heteroatoms. The fourth-order valence-corrected chi connectivity index (χ4v) is 2.48. The van der Waals surface area contributed by atoms with Crippen molar-refractivity contribution in [2.45, 2.75) is 71.7 Å². The van der Waals surface area contributed by atoms with Gasteiger partial charge in [-0.1, -0.05) is 59.5 Å². The number of hydrogen-bond donors (Lipinski definition) is 1. The summed E-state index contributed by atoms with van der Waals surface area (Å²) < 4.78 is 0. The summed E-state index contributed by atoms with van der Waals surface area (Å²) in [4.78, 5) is 0. The van der Waals surface area contributed by atoms with Crippen molar-refractivity contribution in [3.63, 3.8) is 0 Å². The van der Waals surface area contributed by atoms with Gasteiger partial charge in [-0.3, -0.25) is 0 Å². The smallest absolute Gasteiger partial charge is 0.0766 e. The first-order valence-electron chi connectivity index (χ1n) is 6.43. The van der Waals surface area contributed by atoms with E-state index in [-0.39, 0.29) is 6.10 Å². The van der Waals surface area contributed by atoms with Crippen LogP contribution in [0.3, 0.4) is 0 Å². The monoisotopic (exact) mass is 242 g/mol. The molecule has 0 aromatic carbocycles. The molecule has 0 spiro atoms. The van der Waals surface area contributed by atoms with Crippen LogP contribution in [0.2, 0.25) is 18.1 Å². The van der Waals surface area contributed by atoms with Gasteiger partial charge < -0.3 is 5.11 Å². The maximum atomic E-state index is 9.69. The molecule has 1 nitrogen and oxygen atoms in total. The zero-order valence-corrected chi connectivity index (χ0v) is 13.2. The van der Waals surface area contributed by atoms with E-state index >= 15 is 0 Å². The van der Waals surface area contributed by atoms with E-state index in [9.17, 15) is 5.11 Å². The summed E-state index contributed by atoms with van der Waals surface area (Å²) in [5.74, 6) is 0.376. The normalized spacial score (nSPS) is 16.1. The third-order valence-corrected chi connectivity index (χ3v) is 8.80. The Hall–Kier alpha value is -0.0831. The molecule has 0 rings (SSSR count). The summed E-state index contributed by atoms with van der Waals surface area (Å²) in [6.07, 6.45) is 4.03. The van der Waals surface area contributed by atoms with Gasteiger partial charge in [-0.2, -0.15) is 0 Å². The van der Waals surface area contributed by atoms with Crippen molar-refractivity contribution in [2.75, 3.05) is 0 Å². The van der Waals surface area contributed by atoms with Crippen molar-refractivity contribution in [2.24, 2.45) is 5.92 Å². The maximum absolute atomic E-state index is 9.69. The van der Waals surface area contributed by atoms with Crippen LogP contribution in [0.15, 0.2) is 11.8 Å². The third-order valence-electron chi connectivity index (χ3n) is 3.87. The minimum atomic E-state index is -1.27. The zero-order valence-electron chi connectivity index (χ0n) is 12.2. The first-order valence-corrected chi connectivity index (χ1v) is 9.51. The number of rotatable bonds is 5. The Kier molecular flexibility index (Phi) is 5.98. The van der Waals surface area contributed by atoms with E-state index in [1.807, 2.05) is 0 Å². The second-order valence-electron chi connectivity index (χ2n) is 6.76. The average Bonchev–Trinajstić information content (AvgIpc) is 2.09. The predicted molar refractivity (Wildman–Crippen MR) is 76.4 cm³/mol. The molecule has 0 aliphatic heterocycles. The predicted octanol–water partition coefficient (Wildman–Crippen LogP) is 4.39. The van der Waals surface area contributed by atoms with Gasteiger partial charge in [-0.25, -0.2) is 0 Å². The molecule has 0 radical (unpaired) electrons. The van der Waals surface area contributed by atoms with E-state index < -0.39 is 8.07 Å². The van der Waals surface area contributed by atoms with Gasteiger partial charge in [0.05, 0.1) is 14.2 Å². The van der Waals surface area contributed by atoms with Crippen molar-refractivity contribution in [1.82, 2.24) is 0 Å². The molecule has 0 saturated carbocycles. The Morgan fingerprint density at radius 3 is 2.06 bits per heavy atom. The molecule has 1 unspecified atom stereocenters. The van der Waals surface area contributed by atoms with Crippen molar-refractivity contribution in [3.05, 3.63) is 11.8 Å². The lowest BCUT2D eigenvalue weighted by atomic mass is 10.0. The fraction of sp³-hybridized carbons (Fsp3) is 0.857. The van der Waals surface area contributed by atoms with Crippen molar-refractivity contribution in [3.8, 4) is 0 Å². The van der Waals surface area contributed by atoms with Gasteiger partial charge in [-0.05, 0) is 23.8 Å². The highest BCUT2D eigenvalue weighted by atomic mass is 28.3. The quantitative estimate of drug-likeness (QED) is 0.709. The lowest BCUT2D eigenvalue weighted by molar-refractivity contribution is 0.117. The standard InChI is InChI=1S/C14H30OSi/c1-12(2)13(15)10-8-9-11-16(6,7)14(3,4)5/h9,11-13,15H,8,10H2,1-7H3/b11-9-. The van der Waals surface area contributed by atoms with Crippen LogP contribution in [0.4, 0.5) is 0 Å². The highest BCUT2D eigenvalue weighted by Crippen LogP contribution is 2.36. The second kappa shape index (κ2) is 6.01. The lowest BCUT2D eigenvalue weighted by Gasteiger charge is -2.34. The molecule has 0 bridgehead atoms. The van der Waals surface area contributed by atoms with E-state index in [2.05, 4.69) is 59.5 Å². The largest absolute Gasteiger partial charge is 0.393 e. The lowest BCUT2D eigenvalue weighted by Crippen LogP contribution is -2.34. The molecule has 96 valence electrons. The topological polar surface area (TPSA) is 20.2 Å². The highest BCUT2D eigenvalue weighted by molar-refractivity contribution is 6.84. The van der Waals surface area contributed by atoms with Crippen LogP contribution in [-0.4, -0.2) is 19.3 Å². The number of allylic oxidation sites excluding steroid dienone is 1. The minimum absolute atomic E-state index is 0.149. The molecule has 0 amide bonds. The van der Waals surface area contributed by atoms with E-state index in [4.69, 9.17) is 0 Å². The van der Waals surface area contributed by atoms with Crippen molar-refractivity contribution in [1.29, 1.82) is 0 Å². The molecule has 0 aromatic heterocycles. The summed E-state index contributed by atoms with van der Waals surface area (Å²) in [5, 5.41) is 10.1. The van der Waals surface area contributed by atoms with E-state index in [1.165, 1.54) is 0 Å². The first kappa shape index (κ1) is 15.9. The van der Waals surface area contributed by atoms with Gasteiger partial charge >= 0.3 is 0 Å². The van der Waals surface area contributed by atoms with Gasteiger partial charge in [0.15, 0.2) is 0 Å². The highest BCUT2D eigenvalue weighted by Gasteiger charge is 2.32. The number of aliphatic hydroxyl groups is 1. The average molecular weight is 242 g/mol. The third kappa shape index (κ3) is 5.31. The van der Waals surface area contributed by atoms with Gasteiger partial charge in [0.2, 0.25) is 0 Å². The van der Waals surface area contributed by atoms with E-state index in [0.29, 0.717) is 11.0 Å². The Balaban J connectivity index is 4.12. The summed E-state index contributed by atoms with van der Waals surface area (Å²) in [6, 6.07) is 0. The Morgan fingerprint density at radius 2 is 1.69 bits per heavy atom. The van der Waals surface area contributed by atoms with Crippen LogP contribution in [-0.2, 0) is 0 Å².